The van der Waals surface area contributed by atoms with Gasteiger partial charge < -0.3 is 11.1 Å². The van der Waals surface area contributed by atoms with Crippen LogP contribution in [-0.4, -0.2) is 44.4 Å². The lowest BCUT2D eigenvalue weighted by atomic mass is 9.95. The van der Waals surface area contributed by atoms with E-state index in [0.717, 1.165) is 0 Å². The summed E-state index contributed by atoms with van der Waals surface area (Å²) in [6, 6.07) is 15.5. The summed E-state index contributed by atoms with van der Waals surface area (Å²) in [6.07, 6.45) is 0. The summed E-state index contributed by atoms with van der Waals surface area (Å²) < 4.78 is 22.6. The minimum absolute atomic E-state index is 0. The number of likely N-dealkylation sites (tertiary alicyclic amines) is 1. The Bertz CT molecular complexity index is 907. The van der Waals surface area contributed by atoms with E-state index >= 15 is 0 Å². The van der Waals surface area contributed by atoms with E-state index < -0.39 is 10.0 Å². The predicted molar refractivity (Wildman–Crippen MR) is 112 cm³/mol. The first-order chi connectivity index (χ1) is 12.8. The topological polar surface area (TPSA) is 119 Å². The molecule has 1 aliphatic rings. The van der Waals surface area contributed by atoms with Crippen LogP contribution < -0.4 is 16.2 Å². The molecule has 1 aliphatic heterocycles. The maximum Gasteiger partial charge on any atom is 0.241 e. The van der Waals surface area contributed by atoms with Gasteiger partial charge in [0, 0.05) is 30.7 Å². The van der Waals surface area contributed by atoms with Crippen molar-refractivity contribution in [2.75, 3.05) is 18.4 Å². The first-order valence-electron chi connectivity index (χ1n) is 8.74. The summed E-state index contributed by atoms with van der Waals surface area (Å²) in [5.41, 5.74) is 8.00. The van der Waals surface area contributed by atoms with Gasteiger partial charge >= 0.3 is 0 Å². The van der Waals surface area contributed by atoms with Crippen LogP contribution in [-0.2, 0) is 14.8 Å². The fourth-order valence-electron chi connectivity index (χ4n) is 3.37. The van der Waals surface area contributed by atoms with E-state index in [0.29, 0.717) is 18.8 Å². The number of primary sulfonamides is 1. The number of anilines is 1. The maximum absolute atomic E-state index is 12.6. The number of sulfonamides is 1. The van der Waals surface area contributed by atoms with Gasteiger partial charge in [-0.3, -0.25) is 9.69 Å². The van der Waals surface area contributed by atoms with Gasteiger partial charge in [0.25, 0.3) is 0 Å². The number of carbonyl (C=O) groups excluding carboxylic acids is 1. The fourth-order valence-corrected chi connectivity index (χ4v) is 3.89. The van der Waals surface area contributed by atoms with Crippen LogP contribution in [0.25, 0.3) is 0 Å². The Labute approximate surface area is 171 Å². The largest absolute Gasteiger partial charge is 0.326 e. The monoisotopic (exact) mass is 424 g/mol. The number of rotatable bonds is 5. The Morgan fingerprint density at radius 1 is 1.11 bits per heavy atom. The molecule has 152 valence electrons. The first kappa shape index (κ1) is 22.3. The summed E-state index contributed by atoms with van der Waals surface area (Å²) in [5.74, 6) is 0.0229. The van der Waals surface area contributed by atoms with Crippen molar-refractivity contribution in [3.8, 4) is 0 Å². The van der Waals surface area contributed by atoms with Crippen molar-refractivity contribution in [1.82, 2.24) is 4.90 Å². The van der Waals surface area contributed by atoms with E-state index in [1.165, 1.54) is 29.8 Å². The van der Waals surface area contributed by atoms with E-state index in [2.05, 4.69) is 22.3 Å². The summed E-state index contributed by atoms with van der Waals surface area (Å²) in [6.45, 7) is 3.19. The third-order valence-corrected chi connectivity index (χ3v) is 5.93. The molecule has 1 amide bonds. The van der Waals surface area contributed by atoms with Crippen molar-refractivity contribution < 1.29 is 13.2 Å². The van der Waals surface area contributed by atoms with Crippen molar-refractivity contribution in [1.29, 1.82) is 0 Å². The number of nitrogens with two attached hydrogens (primary N) is 2. The Morgan fingerprint density at radius 2 is 1.71 bits per heavy atom. The molecular formula is C19H25ClN4O3S. The molecule has 1 saturated heterocycles. The molecule has 28 heavy (non-hydrogen) atoms. The zero-order valence-corrected chi connectivity index (χ0v) is 17.1. The minimum Gasteiger partial charge on any atom is -0.326 e. The van der Waals surface area contributed by atoms with E-state index in [4.69, 9.17) is 10.9 Å². The second-order valence-electron chi connectivity index (χ2n) is 6.87. The first-order valence-corrected chi connectivity index (χ1v) is 10.3. The Balaban J connectivity index is 0.00000280. The quantitative estimate of drug-likeness (QED) is 0.672. The summed E-state index contributed by atoms with van der Waals surface area (Å²) in [7, 11) is -3.75. The standard InChI is InChI=1S/C19H24N4O3S.ClH/c1-13(19(24)22-15-7-9-16(10-8-15)27(21,25)26)23-11-17(18(20)12-23)14-5-3-2-4-6-14;/h2-10,13,17-18H,11-12,20H2,1H3,(H,22,24)(H2,21,25,26);1H/t13?,17-,18+;/m0./s1. The molecule has 1 heterocycles. The molecule has 2 aromatic carbocycles. The molecule has 3 rings (SSSR count). The SMILES string of the molecule is CC(C(=O)Nc1ccc(S(N)(=O)=O)cc1)N1C[C@@H](N)[C@H](c2ccccc2)C1.Cl. The van der Waals surface area contributed by atoms with Crippen molar-refractivity contribution in [3.63, 3.8) is 0 Å². The average Bonchev–Trinajstić information content (AvgIpc) is 3.03. The molecule has 3 atom stereocenters. The number of amides is 1. The van der Waals surface area contributed by atoms with Crippen LogP contribution in [0.4, 0.5) is 5.69 Å². The highest BCUT2D eigenvalue weighted by Gasteiger charge is 2.35. The molecule has 0 radical (unpaired) electrons. The molecule has 1 fully saturated rings. The number of hydrogen-bond donors (Lipinski definition) is 3. The highest BCUT2D eigenvalue weighted by Crippen LogP contribution is 2.28. The molecule has 7 nitrogen and oxygen atoms in total. The van der Waals surface area contributed by atoms with Crippen LogP contribution >= 0.6 is 12.4 Å². The molecule has 5 N–H and O–H groups in total. The van der Waals surface area contributed by atoms with Crippen LogP contribution in [0.1, 0.15) is 18.4 Å². The molecule has 0 saturated carbocycles. The normalized spacial score (nSPS) is 21.0. The van der Waals surface area contributed by atoms with E-state index in [1.807, 2.05) is 25.1 Å². The van der Waals surface area contributed by atoms with Gasteiger partial charge in [0.2, 0.25) is 15.9 Å². The lowest BCUT2D eigenvalue weighted by Crippen LogP contribution is -2.41. The minimum atomic E-state index is -3.75. The molecule has 0 aliphatic carbocycles. The Morgan fingerprint density at radius 3 is 2.29 bits per heavy atom. The Kier molecular flexibility index (Phi) is 7.19. The van der Waals surface area contributed by atoms with Crippen LogP contribution in [0.3, 0.4) is 0 Å². The van der Waals surface area contributed by atoms with Crippen LogP contribution in [0.5, 0.6) is 0 Å². The van der Waals surface area contributed by atoms with Gasteiger partial charge in [-0.2, -0.15) is 0 Å². The highest BCUT2D eigenvalue weighted by atomic mass is 35.5. The smallest absolute Gasteiger partial charge is 0.241 e. The number of benzene rings is 2. The van der Waals surface area contributed by atoms with Crippen molar-refractivity contribution in [2.24, 2.45) is 10.9 Å². The fraction of sp³-hybridized carbons (Fsp3) is 0.316. The number of halogens is 1. The number of nitrogens with one attached hydrogen (secondary N) is 1. The molecule has 0 aromatic heterocycles. The molecule has 0 bridgehead atoms. The lowest BCUT2D eigenvalue weighted by Gasteiger charge is -2.23. The molecule has 9 heteroatoms. The maximum atomic E-state index is 12.6. The molecular weight excluding hydrogens is 400 g/mol. The van der Waals surface area contributed by atoms with Gasteiger partial charge in [-0.15, -0.1) is 12.4 Å². The zero-order valence-electron chi connectivity index (χ0n) is 15.5. The number of hydrogen-bond acceptors (Lipinski definition) is 5. The molecule has 1 unspecified atom stereocenters. The van der Waals surface area contributed by atoms with Crippen LogP contribution in [0, 0.1) is 0 Å². The second-order valence-corrected chi connectivity index (χ2v) is 8.43. The third kappa shape index (κ3) is 5.09. The Hall–Kier alpha value is -1.97. The second kappa shape index (κ2) is 9.02. The van der Waals surface area contributed by atoms with Gasteiger partial charge in [-0.05, 0) is 36.8 Å². The van der Waals surface area contributed by atoms with Gasteiger partial charge in [0.1, 0.15) is 0 Å². The van der Waals surface area contributed by atoms with E-state index in [-0.39, 0.29) is 41.2 Å². The summed E-state index contributed by atoms with van der Waals surface area (Å²) in [5, 5.41) is 7.89. The zero-order chi connectivity index (χ0) is 19.6. The number of nitrogens with zero attached hydrogens (tertiary/aromatic N) is 1. The van der Waals surface area contributed by atoms with E-state index in [9.17, 15) is 13.2 Å². The van der Waals surface area contributed by atoms with Crippen LogP contribution in [0.15, 0.2) is 59.5 Å². The van der Waals surface area contributed by atoms with Gasteiger partial charge in [-0.1, -0.05) is 30.3 Å². The highest BCUT2D eigenvalue weighted by molar-refractivity contribution is 7.89. The van der Waals surface area contributed by atoms with Crippen LogP contribution in [0.2, 0.25) is 0 Å². The van der Waals surface area contributed by atoms with Crippen molar-refractivity contribution in [2.45, 2.75) is 29.8 Å². The molecule has 2 aromatic rings. The van der Waals surface area contributed by atoms with Crippen molar-refractivity contribution >= 4 is 34.0 Å². The third-order valence-electron chi connectivity index (χ3n) is 5.00. The molecule has 0 spiro atoms. The van der Waals surface area contributed by atoms with E-state index in [1.54, 1.807) is 0 Å². The predicted octanol–water partition coefficient (Wildman–Crippen LogP) is 1.51. The van der Waals surface area contributed by atoms with Gasteiger partial charge in [0.05, 0.1) is 10.9 Å². The lowest BCUT2D eigenvalue weighted by molar-refractivity contribution is -0.120. The summed E-state index contributed by atoms with van der Waals surface area (Å²) in [4.78, 5) is 14.7. The van der Waals surface area contributed by atoms with Gasteiger partial charge in [-0.25, -0.2) is 13.6 Å². The van der Waals surface area contributed by atoms with Gasteiger partial charge in [0.15, 0.2) is 0 Å². The number of carbonyl (C=O) groups is 1. The van der Waals surface area contributed by atoms with Crippen molar-refractivity contribution in [3.05, 3.63) is 60.2 Å². The summed E-state index contributed by atoms with van der Waals surface area (Å²) >= 11 is 0. The average molecular weight is 425 g/mol.